The van der Waals surface area contributed by atoms with Gasteiger partial charge in [-0.05, 0) is 54.7 Å². The summed E-state index contributed by atoms with van der Waals surface area (Å²) >= 11 is 5.90. The lowest BCUT2D eigenvalue weighted by atomic mass is 10.0. The van der Waals surface area contributed by atoms with Crippen molar-refractivity contribution in [1.29, 1.82) is 0 Å². The molecule has 34 heavy (non-hydrogen) atoms. The summed E-state index contributed by atoms with van der Waals surface area (Å²) in [6.07, 6.45) is 6.97. The molecule has 2 amide bonds. The van der Waals surface area contributed by atoms with E-state index in [-0.39, 0.29) is 30.4 Å². The molecule has 8 heteroatoms. The summed E-state index contributed by atoms with van der Waals surface area (Å²) in [4.78, 5) is 26.9. The van der Waals surface area contributed by atoms with Crippen LogP contribution in [0.2, 0.25) is 5.02 Å². The largest absolute Gasteiger partial charge is 0.494 e. The molecule has 0 aliphatic carbocycles. The molecular weight excluding hydrogens is 452 g/mol. The average Bonchev–Trinajstić information content (AvgIpc) is 3.28. The summed E-state index contributed by atoms with van der Waals surface area (Å²) < 4.78 is 5.74. The van der Waals surface area contributed by atoms with E-state index in [0.717, 1.165) is 36.3 Å². The summed E-state index contributed by atoms with van der Waals surface area (Å²) in [5.74, 6) is 0.601. The molecule has 2 aromatic rings. The standard InChI is InChI=1S/C26H31ClN4O3/c1-2-3-16-34-22-10-6-20(7-11-22)23-17-24-26(33)30(14-15-31(24)29-23)18-25(32)28-13-12-19-4-8-21(27)9-5-19/h4-11,14-15,23-24,29H,2-3,12-13,16-18H2,1H3,(H,28,32). The Morgan fingerprint density at radius 1 is 1.15 bits per heavy atom. The predicted octanol–water partition coefficient (Wildman–Crippen LogP) is 3.81. The van der Waals surface area contributed by atoms with Crippen LogP contribution in [0.1, 0.15) is 43.4 Å². The lowest BCUT2D eigenvalue weighted by Gasteiger charge is -2.31. The van der Waals surface area contributed by atoms with Gasteiger partial charge in [0, 0.05) is 24.0 Å². The number of nitrogens with one attached hydrogen (secondary N) is 2. The van der Waals surface area contributed by atoms with Gasteiger partial charge in [0.2, 0.25) is 5.91 Å². The maximum atomic E-state index is 13.0. The Morgan fingerprint density at radius 2 is 1.91 bits per heavy atom. The Morgan fingerprint density at radius 3 is 2.65 bits per heavy atom. The van der Waals surface area contributed by atoms with Gasteiger partial charge in [0.15, 0.2) is 0 Å². The highest BCUT2D eigenvalue weighted by atomic mass is 35.5. The predicted molar refractivity (Wildman–Crippen MR) is 132 cm³/mol. The van der Waals surface area contributed by atoms with E-state index >= 15 is 0 Å². The molecule has 0 spiro atoms. The van der Waals surface area contributed by atoms with Gasteiger partial charge in [-0.2, -0.15) is 0 Å². The second kappa shape index (κ2) is 11.4. The summed E-state index contributed by atoms with van der Waals surface area (Å²) in [7, 11) is 0. The minimum absolute atomic E-state index is 0.00868. The van der Waals surface area contributed by atoms with Crippen molar-refractivity contribution in [2.75, 3.05) is 19.7 Å². The average molecular weight is 483 g/mol. The highest BCUT2D eigenvalue weighted by molar-refractivity contribution is 6.30. The van der Waals surface area contributed by atoms with Crippen LogP contribution in [0.5, 0.6) is 5.75 Å². The van der Waals surface area contributed by atoms with Crippen LogP contribution in [0.4, 0.5) is 0 Å². The monoisotopic (exact) mass is 482 g/mol. The van der Waals surface area contributed by atoms with Crippen molar-refractivity contribution in [2.45, 2.75) is 44.7 Å². The van der Waals surface area contributed by atoms with Crippen LogP contribution in [-0.4, -0.2) is 47.5 Å². The van der Waals surface area contributed by atoms with E-state index in [1.165, 1.54) is 4.90 Å². The first kappa shape index (κ1) is 24.1. The zero-order valence-electron chi connectivity index (χ0n) is 19.4. The van der Waals surface area contributed by atoms with E-state index in [2.05, 4.69) is 17.7 Å². The number of benzene rings is 2. The molecule has 0 aromatic heterocycles. The Bertz CT molecular complexity index is 1010. The normalized spacial score (nSPS) is 19.3. The van der Waals surface area contributed by atoms with Gasteiger partial charge in [0.1, 0.15) is 18.3 Å². The topological polar surface area (TPSA) is 73.9 Å². The summed E-state index contributed by atoms with van der Waals surface area (Å²) in [6, 6.07) is 15.3. The zero-order chi connectivity index (χ0) is 23.9. The van der Waals surface area contributed by atoms with Crippen LogP contribution in [0, 0.1) is 0 Å². The summed E-state index contributed by atoms with van der Waals surface area (Å²) in [6.45, 7) is 3.37. The Labute approximate surface area is 205 Å². The van der Waals surface area contributed by atoms with Gasteiger partial charge in [-0.15, -0.1) is 0 Å². The van der Waals surface area contributed by atoms with Gasteiger partial charge in [-0.25, -0.2) is 5.43 Å². The van der Waals surface area contributed by atoms with E-state index in [1.54, 1.807) is 6.20 Å². The van der Waals surface area contributed by atoms with Gasteiger partial charge < -0.3 is 20.0 Å². The number of carbonyl (C=O) groups excluding carboxylic acids is 2. The molecule has 0 saturated carbocycles. The number of nitrogens with zero attached hydrogens (tertiary/aromatic N) is 2. The fourth-order valence-corrected chi connectivity index (χ4v) is 4.25. The molecule has 180 valence electrons. The molecule has 0 radical (unpaired) electrons. The van der Waals surface area contributed by atoms with Crippen LogP contribution in [-0.2, 0) is 16.0 Å². The van der Waals surface area contributed by atoms with Gasteiger partial charge in [0.25, 0.3) is 5.91 Å². The van der Waals surface area contributed by atoms with Crippen molar-refractivity contribution < 1.29 is 14.3 Å². The molecule has 2 aliphatic heterocycles. The molecule has 2 atom stereocenters. The van der Waals surface area contributed by atoms with Gasteiger partial charge in [0.05, 0.1) is 12.6 Å². The maximum Gasteiger partial charge on any atom is 0.251 e. The molecule has 0 bridgehead atoms. The van der Waals surface area contributed by atoms with E-state index in [9.17, 15) is 9.59 Å². The molecule has 1 saturated heterocycles. The van der Waals surface area contributed by atoms with Crippen molar-refractivity contribution in [3.8, 4) is 5.75 Å². The Kier molecular flexibility index (Phi) is 8.08. The highest BCUT2D eigenvalue weighted by Gasteiger charge is 2.40. The van der Waals surface area contributed by atoms with Crippen molar-refractivity contribution >= 4 is 23.4 Å². The lowest BCUT2D eigenvalue weighted by molar-refractivity contribution is -0.138. The molecule has 2 heterocycles. The molecule has 2 N–H and O–H groups in total. The number of rotatable bonds is 10. The van der Waals surface area contributed by atoms with E-state index < -0.39 is 0 Å². The summed E-state index contributed by atoms with van der Waals surface area (Å²) in [5.41, 5.74) is 5.59. The Balaban J connectivity index is 1.25. The van der Waals surface area contributed by atoms with Gasteiger partial charge >= 0.3 is 0 Å². The van der Waals surface area contributed by atoms with Crippen LogP contribution in [0.3, 0.4) is 0 Å². The molecule has 2 aromatic carbocycles. The molecule has 7 nitrogen and oxygen atoms in total. The SMILES string of the molecule is CCCCOc1ccc(C2CC3C(=O)N(CC(=O)NCCc4ccc(Cl)cc4)C=CN3N2)cc1. The highest BCUT2D eigenvalue weighted by Crippen LogP contribution is 2.31. The first-order valence-corrected chi connectivity index (χ1v) is 12.2. The molecule has 4 rings (SSSR count). The number of hydrazine groups is 1. The van der Waals surface area contributed by atoms with Gasteiger partial charge in [-0.1, -0.05) is 49.2 Å². The number of unbranched alkanes of at least 4 members (excludes halogenated alkanes) is 1. The minimum atomic E-state index is -0.336. The van der Waals surface area contributed by atoms with E-state index in [1.807, 2.05) is 59.7 Å². The first-order chi connectivity index (χ1) is 16.5. The number of halogens is 1. The molecule has 2 unspecified atom stereocenters. The molecule has 1 fully saturated rings. The number of hydrogen-bond acceptors (Lipinski definition) is 5. The molecular formula is C26H31ClN4O3. The fraction of sp³-hybridized carbons (Fsp3) is 0.385. The van der Waals surface area contributed by atoms with Crippen LogP contribution < -0.4 is 15.5 Å². The number of ether oxygens (including phenoxy) is 1. The first-order valence-electron chi connectivity index (χ1n) is 11.8. The Hall–Kier alpha value is -3.03. The van der Waals surface area contributed by atoms with Crippen molar-refractivity contribution in [2.24, 2.45) is 0 Å². The van der Waals surface area contributed by atoms with E-state index in [4.69, 9.17) is 16.3 Å². The third-order valence-electron chi connectivity index (χ3n) is 6.09. The second-order valence-electron chi connectivity index (χ2n) is 8.60. The maximum absolute atomic E-state index is 13.0. The number of hydrogen-bond donors (Lipinski definition) is 2. The van der Waals surface area contributed by atoms with E-state index in [0.29, 0.717) is 24.4 Å². The lowest BCUT2D eigenvalue weighted by Crippen LogP contribution is -2.50. The third-order valence-corrected chi connectivity index (χ3v) is 6.34. The zero-order valence-corrected chi connectivity index (χ0v) is 20.1. The number of carbonyl (C=O) groups is 2. The summed E-state index contributed by atoms with van der Waals surface area (Å²) in [5, 5.41) is 5.42. The second-order valence-corrected chi connectivity index (χ2v) is 9.04. The fourth-order valence-electron chi connectivity index (χ4n) is 4.12. The van der Waals surface area contributed by atoms with Crippen LogP contribution in [0.25, 0.3) is 0 Å². The van der Waals surface area contributed by atoms with Crippen LogP contribution >= 0.6 is 11.6 Å². The number of fused-ring (bicyclic) bond motifs is 1. The van der Waals surface area contributed by atoms with Gasteiger partial charge in [-0.3, -0.25) is 9.59 Å². The minimum Gasteiger partial charge on any atom is -0.494 e. The van der Waals surface area contributed by atoms with Crippen molar-refractivity contribution in [3.63, 3.8) is 0 Å². The smallest absolute Gasteiger partial charge is 0.251 e. The van der Waals surface area contributed by atoms with Crippen LogP contribution in [0.15, 0.2) is 60.9 Å². The van der Waals surface area contributed by atoms with Crippen molar-refractivity contribution in [3.05, 3.63) is 77.1 Å². The molecule has 2 aliphatic rings. The third kappa shape index (κ3) is 6.10. The quantitative estimate of drug-likeness (QED) is 0.504. The van der Waals surface area contributed by atoms with Crippen molar-refractivity contribution in [1.82, 2.24) is 20.7 Å². The number of amides is 2.